The number of nitrogens with one attached hydrogen (secondary N) is 1. The van der Waals surface area contributed by atoms with Gasteiger partial charge in [0.15, 0.2) is 16.7 Å². The fourth-order valence-electron chi connectivity index (χ4n) is 2.75. The minimum Gasteiger partial charge on any atom is -0.493 e. The molecule has 0 aliphatic heterocycles. The van der Waals surface area contributed by atoms with Crippen molar-refractivity contribution in [2.45, 2.75) is 11.8 Å². The van der Waals surface area contributed by atoms with Gasteiger partial charge >= 0.3 is 0 Å². The van der Waals surface area contributed by atoms with Gasteiger partial charge in [0.05, 0.1) is 23.7 Å². The van der Waals surface area contributed by atoms with Gasteiger partial charge in [-0.05, 0) is 11.8 Å². The molecule has 1 aromatic heterocycles. The minimum absolute atomic E-state index is 0.0122. The zero-order chi connectivity index (χ0) is 21.7. The Labute approximate surface area is 175 Å². The molecule has 9 nitrogen and oxygen atoms in total. The summed E-state index contributed by atoms with van der Waals surface area (Å²) in [7, 11) is 1.37. The quantitative estimate of drug-likeness (QED) is 0.264. The van der Waals surface area contributed by atoms with Gasteiger partial charge in [-0.3, -0.25) is 14.9 Å². The summed E-state index contributed by atoms with van der Waals surface area (Å²) in [5.74, 6) is 0.369. The highest BCUT2D eigenvalue weighted by molar-refractivity contribution is 7.98. The molecule has 10 heteroatoms. The van der Waals surface area contributed by atoms with Gasteiger partial charge in [0.2, 0.25) is 0 Å². The average molecular weight is 424 g/mol. The third-order valence-electron chi connectivity index (χ3n) is 4.17. The third-order valence-corrected chi connectivity index (χ3v) is 4.75. The van der Waals surface area contributed by atoms with E-state index < -0.39 is 10.5 Å². The second-order valence-electron chi connectivity index (χ2n) is 5.96. The summed E-state index contributed by atoms with van der Waals surface area (Å²) in [4.78, 5) is 30.0. The maximum Gasteiger partial charge on any atom is 0.282 e. The molecule has 0 bridgehead atoms. The Morgan fingerprint density at radius 2 is 2.00 bits per heavy atom. The van der Waals surface area contributed by atoms with Crippen LogP contribution < -0.4 is 15.0 Å². The summed E-state index contributed by atoms with van der Waals surface area (Å²) < 4.78 is 11.1. The number of benzene rings is 2. The number of aromatic amines is 1. The molecule has 30 heavy (non-hydrogen) atoms. The Balaban J connectivity index is 2.19. The van der Waals surface area contributed by atoms with Crippen molar-refractivity contribution in [3.05, 3.63) is 74.1 Å². The molecule has 3 aromatic rings. The van der Waals surface area contributed by atoms with E-state index in [9.17, 15) is 20.2 Å². The summed E-state index contributed by atoms with van der Waals surface area (Å²) in [6.07, 6.45) is 1.69. The van der Waals surface area contributed by atoms with Gasteiger partial charge in [-0.15, -0.1) is 0 Å². The van der Waals surface area contributed by atoms with Crippen LogP contribution >= 0.6 is 11.8 Å². The van der Waals surface area contributed by atoms with Gasteiger partial charge in [0.25, 0.3) is 11.2 Å². The van der Waals surface area contributed by atoms with Crippen LogP contribution in [0.3, 0.4) is 0 Å². The molecule has 0 atom stereocenters. The maximum atomic E-state index is 12.3. The van der Waals surface area contributed by atoms with Crippen molar-refractivity contribution in [3.63, 3.8) is 0 Å². The lowest BCUT2D eigenvalue weighted by atomic mass is 10.0. The maximum absolute atomic E-state index is 12.3. The number of nitrogens with zero attached hydrogens (tertiary/aromatic N) is 3. The molecule has 152 valence electrons. The van der Waals surface area contributed by atoms with Crippen molar-refractivity contribution in [2.24, 2.45) is 0 Å². The zero-order valence-corrected chi connectivity index (χ0v) is 16.9. The van der Waals surface area contributed by atoms with E-state index in [1.54, 1.807) is 12.3 Å². The molecule has 1 N–H and O–H groups in total. The van der Waals surface area contributed by atoms with E-state index in [0.717, 1.165) is 17.3 Å². The summed E-state index contributed by atoms with van der Waals surface area (Å²) in [5.41, 5.74) is -0.582. The first kappa shape index (κ1) is 20.9. The number of hydrogen-bond donors (Lipinski definition) is 1. The van der Waals surface area contributed by atoms with E-state index in [2.05, 4.69) is 9.97 Å². The Kier molecular flexibility index (Phi) is 6.34. The number of hydrogen-bond acceptors (Lipinski definition) is 8. The van der Waals surface area contributed by atoms with Gasteiger partial charge in [0, 0.05) is 6.07 Å². The summed E-state index contributed by atoms with van der Waals surface area (Å²) >= 11 is 1.14. The first-order valence-corrected chi connectivity index (χ1v) is 9.82. The van der Waals surface area contributed by atoms with E-state index in [0.29, 0.717) is 0 Å². The lowest BCUT2D eigenvalue weighted by Gasteiger charge is -2.13. The van der Waals surface area contributed by atoms with Gasteiger partial charge < -0.3 is 14.5 Å². The topological polar surface area (TPSA) is 131 Å². The Hall–Kier alpha value is -3.84. The lowest BCUT2D eigenvalue weighted by molar-refractivity contribution is -0.384. The number of aromatic nitrogens is 2. The van der Waals surface area contributed by atoms with Crippen LogP contribution in [0.25, 0.3) is 11.3 Å². The van der Waals surface area contributed by atoms with E-state index in [1.165, 1.54) is 19.2 Å². The lowest BCUT2D eigenvalue weighted by Crippen LogP contribution is -2.15. The average Bonchev–Trinajstić information content (AvgIpc) is 2.77. The molecule has 0 amide bonds. The number of nitriles is 1. The fourth-order valence-corrected chi connectivity index (χ4v) is 3.12. The predicted molar refractivity (Wildman–Crippen MR) is 111 cm³/mol. The molecule has 0 saturated heterocycles. The largest absolute Gasteiger partial charge is 0.493 e. The molecule has 2 aromatic carbocycles. The highest BCUT2D eigenvalue weighted by atomic mass is 32.2. The van der Waals surface area contributed by atoms with E-state index in [4.69, 9.17) is 9.47 Å². The van der Waals surface area contributed by atoms with Crippen LogP contribution in [0.15, 0.2) is 52.4 Å². The van der Waals surface area contributed by atoms with Crippen molar-refractivity contribution >= 4 is 17.4 Å². The van der Waals surface area contributed by atoms with E-state index >= 15 is 0 Å². The zero-order valence-electron chi connectivity index (χ0n) is 16.0. The Morgan fingerprint density at radius 1 is 1.27 bits per heavy atom. The van der Waals surface area contributed by atoms with Gasteiger partial charge in [-0.1, -0.05) is 42.1 Å². The Bertz CT molecular complexity index is 1190. The summed E-state index contributed by atoms with van der Waals surface area (Å²) in [5, 5.41) is 21.4. The first-order valence-electron chi connectivity index (χ1n) is 8.60. The van der Waals surface area contributed by atoms with Crippen LogP contribution in [-0.2, 0) is 6.61 Å². The van der Waals surface area contributed by atoms with E-state index in [-0.39, 0.29) is 45.8 Å². The number of rotatable bonds is 7. The predicted octanol–water partition coefficient (Wildman–Crippen LogP) is 3.53. The molecule has 1 heterocycles. The molecule has 0 radical (unpaired) electrons. The van der Waals surface area contributed by atoms with Gasteiger partial charge in [-0.2, -0.15) is 5.26 Å². The van der Waals surface area contributed by atoms with Crippen LogP contribution in [0.5, 0.6) is 11.5 Å². The van der Waals surface area contributed by atoms with Crippen LogP contribution in [0.1, 0.15) is 11.1 Å². The first-order chi connectivity index (χ1) is 14.5. The second-order valence-corrected chi connectivity index (χ2v) is 6.76. The summed E-state index contributed by atoms with van der Waals surface area (Å²) in [6, 6.07) is 13.7. The standard InChI is InChI=1S/C20H16N4O5S/c1-28-16-9-15(24(26)27)13(8-17(16)29-11-12-6-4-3-5-7-12)18-14(10-21)19(25)23-20(22-18)30-2/h3-9H,11H2,1-2H3,(H,22,23,25). The molecule has 0 saturated carbocycles. The van der Waals surface area contributed by atoms with Crippen LogP contribution in [-0.4, -0.2) is 28.3 Å². The fraction of sp³-hybridized carbons (Fsp3) is 0.150. The van der Waals surface area contributed by atoms with E-state index in [1.807, 2.05) is 30.3 Å². The Morgan fingerprint density at radius 3 is 2.60 bits per heavy atom. The number of nitro benzene ring substituents is 1. The molecule has 0 aliphatic carbocycles. The number of methoxy groups -OCH3 is 1. The molecular weight excluding hydrogens is 408 g/mol. The minimum atomic E-state index is -0.677. The van der Waals surface area contributed by atoms with Crippen LogP contribution in [0.2, 0.25) is 0 Å². The molecule has 0 fully saturated rings. The smallest absolute Gasteiger partial charge is 0.282 e. The van der Waals surface area contributed by atoms with Crippen LogP contribution in [0, 0.1) is 21.4 Å². The highest BCUT2D eigenvalue weighted by Crippen LogP contribution is 2.40. The van der Waals surface area contributed by atoms with Crippen molar-refractivity contribution in [1.29, 1.82) is 5.26 Å². The molecule has 3 rings (SSSR count). The molecule has 0 unspecified atom stereocenters. The number of ether oxygens (including phenoxy) is 2. The number of nitro groups is 1. The monoisotopic (exact) mass is 424 g/mol. The van der Waals surface area contributed by atoms with Crippen LogP contribution in [0.4, 0.5) is 5.69 Å². The van der Waals surface area contributed by atoms with Crippen molar-refractivity contribution in [2.75, 3.05) is 13.4 Å². The molecule has 0 spiro atoms. The van der Waals surface area contributed by atoms with Crippen molar-refractivity contribution in [3.8, 4) is 28.8 Å². The molecule has 0 aliphatic rings. The highest BCUT2D eigenvalue weighted by Gasteiger charge is 2.26. The second kappa shape index (κ2) is 9.11. The van der Waals surface area contributed by atoms with Crippen molar-refractivity contribution in [1.82, 2.24) is 9.97 Å². The summed E-state index contributed by atoms with van der Waals surface area (Å²) in [6.45, 7) is 0.193. The SMILES string of the molecule is COc1cc([N+](=O)[O-])c(-c2nc(SC)[nH]c(=O)c2C#N)cc1OCc1ccccc1. The normalized spacial score (nSPS) is 10.3. The number of thioether (sulfide) groups is 1. The van der Waals surface area contributed by atoms with Crippen molar-refractivity contribution < 1.29 is 14.4 Å². The van der Waals surface area contributed by atoms with Gasteiger partial charge in [0.1, 0.15) is 23.9 Å². The van der Waals surface area contributed by atoms with Gasteiger partial charge in [-0.25, -0.2) is 4.98 Å². The number of H-pyrrole nitrogens is 1. The third kappa shape index (κ3) is 4.26. The molecular formula is C20H16N4O5S.